The van der Waals surface area contributed by atoms with Crippen LogP contribution in [-0.2, 0) is 0 Å². The highest BCUT2D eigenvalue weighted by Gasteiger charge is 2.28. The highest BCUT2D eigenvalue weighted by molar-refractivity contribution is 7.06. The third-order valence-corrected chi connectivity index (χ3v) is 5.45. The van der Waals surface area contributed by atoms with Gasteiger partial charge < -0.3 is 14.8 Å². The van der Waals surface area contributed by atoms with Crippen LogP contribution in [0.15, 0.2) is 72.8 Å². The molecule has 1 N–H and O–H groups in total. The summed E-state index contributed by atoms with van der Waals surface area (Å²) in [6, 6.07) is 24.0. The van der Waals surface area contributed by atoms with E-state index in [1.54, 1.807) is 14.2 Å². The van der Waals surface area contributed by atoms with Gasteiger partial charge in [0.05, 0.1) is 14.2 Å². The maximum atomic E-state index is 5.59. The molecular weight excluding hydrogens is 382 g/mol. The SMILES string of the molecule is COc1ccccc1-c1nc(Nc2ccc(C)cc2)s[n+]1-c1ccccc1OC. The molecule has 0 atom stereocenters. The van der Waals surface area contributed by atoms with Crippen LogP contribution in [-0.4, -0.2) is 19.2 Å². The van der Waals surface area contributed by atoms with Crippen LogP contribution in [0.1, 0.15) is 5.56 Å². The summed E-state index contributed by atoms with van der Waals surface area (Å²) in [6.07, 6.45) is 0. The summed E-state index contributed by atoms with van der Waals surface area (Å²) in [5.41, 5.74) is 4.04. The van der Waals surface area contributed by atoms with Crippen LogP contribution < -0.4 is 18.7 Å². The van der Waals surface area contributed by atoms with Gasteiger partial charge in [0.2, 0.25) is 0 Å². The lowest BCUT2D eigenvalue weighted by Gasteiger charge is -2.06. The van der Waals surface area contributed by atoms with E-state index in [0.717, 1.165) is 39.4 Å². The summed E-state index contributed by atoms with van der Waals surface area (Å²) in [6.45, 7) is 2.07. The Morgan fingerprint density at radius 1 is 0.828 bits per heavy atom. The van der Waals surface area contributed by atoms with Crippen molar-refractivity contribution in [2.75, 3.05) is 19.5 Å². The van der Waals surface area contributed by atoms with E-state index in [9.17, 15) is 0 Å². The summed E-state index contributed by atoms with van der Waals surface area (Å²) in [7, 11) is 3.35. The summed E-state index contributed by atoms with van der Waals surface area (Å²) in [5, 5.41) is 4.19. The zero-order valence-electron chi connectivity index (χ0n) is 16.5. The average molecular weight is 405 g/mol. The molecule has 0 aliphatic heterocycles. The number of aryl methyl sites for hydroxylation is 1. The minimum Gasteiger partial charge on any atom is -0.496 e. The van der Waals surface area contributed by atoms with Gasteiger partial charge in [-0.25, -0.2) is 0 Å². The van der Waals surface area contributed by atoms with Gasteiger partial charge >= 0.3 is 11.0 Å². The van der Waals surface area contributed by atoms with E-state index in [0.29, 0.717) is 0 Å². The van der Waals surface area contributed by atoms with Gasteiger partial charge in [-0.1, -0.05) is 42.0 Å². The lowest BCUT2D eigenvalue weighted by molar-refractivity contribution is -0.510. The second kappa shape index (κ2) is 8.32. The third-order valence-electron chi connectivity index (χ3n) is 4.53. The predicted octanol–water partition coefficient (Wildman–Crippen LogP) is 5.16. The Hall–Kier alpha value is -3.38. The molecule has 146 valence electrons. The number of nitrogens with one attached hydrogen (secondary N) is 1. The summed E-state index contributed by atoms with van der Waals surface area (Å²) in [5.74, 6) is 2.33. The largest absolute Gasteiger partial charge is 0.496 e. The maximum absolute atomic E-state index is 5.59. The zero-order valence-corrected chi connectivity index (χ0v) is 17.4. The molecule has 5 nitrogen and oxygen atoms in total. The Morgan fingerprint density at radius 3 is 2.21 bits per heavy atom. The number of hydrogen-bond donors (Lipinski definition) is 1. The van der Waals surface area contributed by atoms with Gasteiger partial charge in [-0.05, 0) is 48.3 Å². The first-order valence-corrected chi connectivity index (χ1v) is 10.0. The van der Waals surface area contributed by atoms with Crippen molar-refractivity contribution < 1.29 is 13.4 Å². The van der Waals surface area contributed by atoms with Crippen LogP contribution in [0.25, 0.3) is 17.1 Å². The molecule has 1 aromatic heterocycles. The van der Waals surface area contributed by atoms with Gasteiger partial charge in [-0.2, -0.15) is 0 Å². The number of methoxy groups -OCH3 is 2. The Bertz CT molecular complexity index is 1060. The number of hydrogen-bond acceptors (Lipinski definition) is 5. The lowest BCUT2D eigenvalue weighted by atomic mass is 10.2. The molecule has 0 aliphatic rings. The van der Waals surface area contributed by atoms with Crippen LogP contribution in [0, 0.1) is 6.92 Å². The van der Waals surface area contributed by atoms with Gasteiger partial charge in [0, 0.05) is 5.69 Å². The Kier molecular flexibility index (Phi) is 5.44. The number of ether oxygens (including phenoxy) is 2. The van der Waals surface area contributed by atoms with E-state index in [4.69, 9.17) is 14.5 Å². The fraction of sp³-hybridized carbons (Fsp3) is 0.130. The molecule has 0 bridgehead atoms. The van der Waals surface area contributed by atoms with E-state index in [2.05, 4.69) is 28.3 Å². The molecule has 6 heteroatoms. The van der Waals surface area contributed by atoms with Crippen molar-refractivity contribution in [1.82, 2.24) is 4.98 Å². The van der Waals surface area contributed by atoms with Crippen molar-refractivity contribution in [3.05, 3.63) is 78.4 Å². The van der Waals surface area contributed by atoms with E-state index >= 15 is 0 Å². The average Bonchev–Trinajstić information content (AvgIpc) is 3.18. The van der Waals surface area contributed by atoms with Gasteiger partial charge in [-0.3, -0.25) is 0 Å². The van der Waals surface area contributed by atoms with Crippen molar-refractivity contribution in [3.8, 4) is 28.6 Å². The first-order valence-electron chi connectivity index (χ1n) is 9.23. The van der Waals surface area contributed by atoms with Crippen LogP contribution in [0.5, 0.6) is 11.5 Å². The maximum Gasteiger partial charge on any atom is 0.354 e. The summed E-state index contributed by atoms with van der Waals surface area (Å²) in [4.78, 5) is 4.89. The van der Waals surface area contributed by atoms with Crippen LogP contribution in [0.2, 0.25) is 0 Å². The van der Waals surface area contributed by atoms with Gasteiger partial charge in [0.15, 0.2) is 11.4 Å². The molecular formula is C23H22N3O2S+. The molecule has 0 spiro atoms. The number of aromatic nitrogens is 2. The second-order valence-corrected chi connectivity index (χ2v) is 7.42. The molecule has 1 heterocycles. The van der Waals surface area contributed by atoms with Crippen LogP contribution in [0.3, 0.4) is 0 Å². The molecule has 0 fully saturated rings. The third kappa shape index (κ3) is 3.93. The highest BCUT2D eigenvalue weighted by atomic mass is 32.1. The minimum absolute atomic E-state index is 0.767. The van der Waals surface area contributed by atoms with Crippen LogP contribution >= 0.6 is 11.5 Å². The van der Waals surface area contributed by atoms with Gasteiger partial charge in [0.25, 0.3) is 0 Å². The molecule has 0 unspecified atom stereocenters. The molecule has 29 heavy (non-hydrogen) atoms. The lowest BCUT2D eigenvalue weighted by Crippen LogP contribution is -2.28. The standard InChI is InChI=1S/C23H21N3O2S/c1-16-12-14-17(15-13-16)24-23-25-22(18-8-4-6-10-20(18)27-2)26(29-23)19-9-5-7-11-21(19)28-3/h4-15H,1-3H3/p+1. The summed E-state index contributed by atoms with van der Waals surface area (Å²) >= 11 is 1.51. The van der Waals surface area contributed by atoms with E-state index < -0.39 is 0 Å². The Morgan fingerprint density at radius 2 is 1.48 bits per heavy atom. The first-order chi connectivity index (χ1) is 14.2. The van der Waals surface area contributed by atoms with E-state index in [1.807, 2.05) is 60.7 Å². The van der Waals surface area contributed by atoms with Crippen LogP contribution in [0.4, 0.5) is 10.8 Å². The second-order valence-electron chi connectivity index (χ2n) is 6.49. The Labute approximate surface area is 174 Å². The van der Waals surface area contributed by atoms with Gasteiger partial charge in [-0.15, -0.1) is 3.96 Å². The number of benzene rings is 3. The minimum atomic E-state index is 0.767. The molecule has 4 aromatic rings. The molecule has 4 rings (SSSR count). The number of rotatable bonds is 6. The van der Waals surface area contributed by atoms with Crippen molar-refractivity contribution in [1.29, 1.82) is 0 Å². The normalized spacial score (nSPS) is 10.6. The zero-order chi connectivity index (χ0) is 20.2. The van der Waals surface area contributed by atoms with Crippen molar-refractivity contribution in [2.24, 2.45) is 0 Å². The molecule has 0 amide bonds. The predicted molar refractivity (Wildman–Crippen MR) is 117 cm³/mol. The molecule has 0 saturated heterocycles. The molecule has 0 radical (unpaired) electrons. The van der Waals surface area contributed by atoms with E-state index in [1.165, 1.54) is 17.1 Å². The number of anilines is 2. The topological polar surface area (TPSA) is 47.3 Å². The van der Waals surface area contributed by atoms with Crippen molar-refractivity contribution in [3.63, 3.8) is 0 Å². The quantitative estimate of drug-likeness (QED) is 0.451. The smallest absolute Gasteiger partial charge is 0.354 e. The highest BCUT2D eigenvalue weighted by Crippen LogP contribution is 2.32. The van der Waals surface area contributed by atoms with Crippen molar-refractivity contribution >= 4 is 22.4 Å². The fourth-order valence-corrected chi connectivity index (χ4v) is 4.00. The fourth-order valence-electron chi connectivity index (χ4n) is 3.06. The Balaban J connectivity index is 1.86. The number of nitrogens with zero attached hydrogens (tertiary/aromatic N) is 2. The summed E-state index contributed by atoms with van der Waals surface area (Å²) < 4.78 is 13.2. The molecule has 0 saturated carbocycles. The first kappa shape index (κ1) is 19.0. The molecule has 0 aliphatic carbocycles. The monoisotopic (exact) mass is 404 g/mol. The van der Waals surface area contributed by atoms with Gasteiger partial charge in [0.1, 0.15) is 22.8 Å². The van der Waals surface area contributed by atoms with E-state index in [-0.39, 0.29) is 0 Å². The van der Waals surface area contributed by atoms with Crippen molar-refractivity contribution in [2.45, 2.75) is 6.92 Å². The number of para-hydroxylation sites is 3. The molecule has 3 aromatic carbocycles.